The molecule has 0 aromatic heterocycles. The van der Waals surface area contributed by atoms with Crippen LogP contribution in [0.5, 0.6) is 0 Å². The second-order valence-corrected chi connectivity index (χ2v) is 14.6. The summed E-state index contributed by atoms with van der Waals surface area (Å²) in [7, 11) is 0. The minimum absolute atomic E-state index is 0.106. The Morgan fingerprint density at radius 1 is 1.00 bits per heavy atom. The maximum atomic E-state index is 7.57. The van der Waals surface area contributed by atoms with Crippen molar-refractivity contribution in [2.24, 2.45) is 22.7 Å². The van der Waals surface area contributed by atoms with E-state index in [1.54, 1.807) is 18.1 Å². The van der Waals surface area contributed by atoms with Gasteiger partial charge >= 0.3 is 0 Å². The lowest BCUT2D eigenvalue weighted by Gasteiger charge is -2.42. The number of aliphatic hydroxyl groups is 1. The first-order chi connectivity index (χ1) is 16.6. The molecule has 0 amide bonds. The van der Waals surface area contributed by atoms with Gasteiger partial charge in [-0.25, -0.2) is 0 Å². The van der Waals surface area contributed by atoms with Crippen LogP contribution in [0.15, 0.2) is 23.2 Å². The van der Waals surface area contributed by atoms with Crippen LogP contribution in [-0.4, -0.2) is 22.0 Å². The van der Waals surface area contributed by atoms with Crippen LogP contribution >= 0.6 is 11.8 Å². The van der Waals surface area contributed by atoms with Gasteiger partial charge in [0.05, 0.1) is 5.04 Å². The number of benzene rings is 1. The molecule has 196 valence electrons. The Labute approximate surface area is 220 Å². The van der Waals surface area contributed by atoms with Gasteiger partial charge in [0.2, 0.25) is 0 Å². The van der Waals surface area contributed by atoms with Crippen molar-refractivity contribution in [2.75, 3.05) is 6.61 Å². The maximum Gasteiger partial charge on any atom is 0.100 e. The third kappa shape index (κ3) is 5.57. The van der Waals surface area contributed by atoms with E-state index in [9.17, 15) is 0 Å². The molecule has 3 aliphatic carbocycles. The molecule has 0 bridgehead atoms. The van der Waals surface area contributed by atoms with E-state index in [0.29, 0.717) is 10.7 Å². The number of hydrogen-bond acceptors (Lipinski definition) is 3. The van der Waals surface area contributed by atoms with E-state index < -0.39 is 0 Å². The number of fused-ring (bicyclic) bond motifs is 2. The smallest absolute Gasteiger partial charge is 0.100 e. The van der Waals surface area contributed by atoms with Crippen molar-refractivity contribution in [1.29, 1.82) is 0 Å². The van der Waals surface area contributed by atoms with Gasteiger partial charge in [0.25, 0.3) is 0 Å². The molecule has 1 N–H and O–H groups in total. The lowest BCUT2D eigenvalue weighted by atomic mass is 9.63. The molecule has 5 unspecified atom stereocenters. The number of hydrogen-bond donors (Lipinski definition) is 1. The van der Waals surface area contributed by atoms with Gasteiger partial charge in [-0.05, 0) is 91.2 Å². The van der Waals surface area contributed by atoms with Gasteiger partial charge in [-0.2, -0.15) is 0 Å². The Balaban J connectivity index is 0.000000917. The fraction of sp³-hybridized carbons (Fsp3) is 0.781. The van der Waals surface area contributed by atoms with Gasteiger partial charge in [-0.15, -0.1) is 11.8 Å². The Kier molecular flexibility index (Phi) is 8.19. The van der Waals surface area contributed by atoms with E-state index in [4.69, 9.17) is 10.1 Å². The molecule has 1 heterocycles. The van der Waals surface area contributed by atoms with E-state index in [-0.39, 0.29) is 17.6 Å². The number of nitrogens with zero attached hydrogens (tertiary/aromatic N) is 1. The topological polar surface area (TPSA) is 32.6 Å². The van der Waals surface area contributed by atoms with Crippen LogP contribution < -0.4 is 0 Å². The molecule has 0 saturated heterocycles. The van der Waals surface area contributed by atoms with E-state index in [1.165, 1.54) is 74.8 Å². The Morgan fingerprint density at radius 3 is 2.37 bits per heavy atom. The standard InChI is InChI=1S/C30H45NS.C2H6O/c1-7-20(2)17-21-9-8-10-22(12-11-21)27-31-30(19-26(30)32-27)23-13-14-24-25(18-23)29(5,6)16-15-28(24,3)4;1-2-3/h13-14,18,20-22,26H,7-12,15-17,19H2,1-6H3;3H,2H2,1H3. The fourth-order valence-corrected chi connectivity index (χ4v) is 8.52. The van der Waals surface area contributed by atoms with Crippen molar-refractivity contribution in [3.8, 4) is 0 Å². The van der Waals surface area contributed by atoms with Gasteiger partial charge in [0, 0.05) is 17.8 Å². The molecule has 2 nitrogen and oxygen atoms in total. The molecule has 35 heavy (non-hydrogen) atoms. The number of aliphatic imine (C=N–C) groups is 1. The molecular weight excluding hydrogens is 446 g/mol. The van der Waals surface area contributed by atoms with Crippen LogP contribution in [0.25, 0.3) is 0 Å². The van der Waals surface area contributed by atoms with Gasteiger partial charge in [0.15, 0.2) is 0 Å². The van der Waals surface area contributed by atoms with Crippen LogP contribution in [0, 0.1) is 17.8 Å². The quantitative estimate of drug-likeness (QED) is 0.412. The predicted molar refractivity (Wildman–Crippen MR) is 154 cm³/mol. The fourth-order valence-electron chi connectivity index (χ4n) is 6.86. The van der Waals surface area contributed by atoms with Crippen molar-refractivity contribution < 1.29 is 5.11 Å². The molecule has 1 aromatic carbocycles. The minimum atomic E-state index is 0.106. The molecule has 1 aromatic rings. The molecule has 2 saturated carbocycles. The summed E-state index contributed by atoms with van der Waals surface area (Å²) in [5.41, 5.74) is 5.38. The molecule has 0 radical (unpaired) electrons. The first kappa shape index (κ1) is 27.2. The lowest BCUT2D eigenvalue weighted by molar-refractivity contribution is 0.318. The summed E-state index contributed by atoms with van der Waals surface area (Å²) < 4.78 is 0. The second kappa shape index (κ2) is 10.5. The molecule has 5 atom stereocenters. The first-order valence-electron chi connectivity index (χ1n) is 14.6. The van der Waals surface area contributed by atoms with Gasteiger partial charge in [-0.3, -0.25) is 4.99 Å². The van der Waals surface area contributed by atoms with Crippen LogP contribution in [0.1, 0.15) is 129 Å². The zero-order valence-corrected chi connectivity index (χ0v) is 24.4. The number of thioether (sulfide) groups is 1. The summed E-state index contributed by atoms with van der Waals surface area (Å²) >= 11 is 2.16. The largest absolute Gasteiger partial charge is 0.397 e. The first-order valence-corrected chi connectivity index (χ1v) is 15.5. The van der Waals surface area contributed by atoms with Crippen LogP contribution in [0.3, 0.4) is 0 Å². The van der Waals surface area contributed by atoms with Crippen molar-refractivity contribution in [2.45, 2.75) is 134 Å². The normalized spacial score (nSPS) is 33.4. The average Bonchev–Trinajstić information content (AvgIpc) is 3.47. The van der Waals surface area contributed by atoms with E-state index >= 15 is 0 Å². The third-order valence-electron chi connectivity index (χ3n) is 9.66. The summed E-state index contributed by atoms with van der Waals surface area (Å²) in [5, 5.41) is 9.79. The van der Waals surface area contributed by atoms with Crippen molar-refractivity contribution in [1.82, 2.24) is 0 Å². The van der Waals surface area contributed by atoms with Crippen molar-refractivity contribution in [3.05, 3.63) is 34.9 Å². The monoisotopic (exact) mass is 497 g/mol. The van der Waals surface area contributed by atoms with Crippen molar-refractivity contribution in [3.63, 3.8) is 0 Å². The molecule has 5 rings (SSSR count). The number of rotatable bonds is 5. The predicted octanol–water partition coefficient (Wildman–Crippen LogP) is 8.78. The van der Waals surface area contributed by atoms with Crippen molar-refractivity contribution >= 4 is 16.8 Å². The lowest BCUT2D eigenvalue weighted by Crippen LogP contribution is -2.34. The summed E-state index contributed by atoms with van der Waals surface area (Å²) in [6.45, 7) is 16.5. The Morgan fingerprint density at radius 2 is 1.69 bits per heavy atom. The van der Waals surface area contributed by atoms with E-state index in [2.05, 4.69) is 71.5 Å². The number of aliphatic hydroxyl groups excluding tert-OH is 1. The highest BCUT2D eigenvalue weighted by molar-refractivity contribution is 8.15. The zero-order chi connectivity index (χ0) is 25.4. The van der Waals surface area contributed by atoms with Gasteiger partial charge in [0.1, 0.15) is 5.54 Å². The molecular formula is C32H51NOS. The minimum Gasteiger partial charge on any atom is -0.397 e. The summed E-state index contributed by atoms with van der Waals surface area (Å²) in [5.74, 6) is 2.58. The molecule has 4 aliphatic rings. The molecule has 1 aliphatic heterocycles. The van der Waals surface area contributed by atoms with Gasteiger partial charge < -0.3 is 5.11 Å². The third-order valence-corrected chi connectivity index (χ3v) is 11.2. The summed E-state index contributed by atoms with van der Waals surface area (Å²) in [6, 6.07) is 7.50. The van der Waals surface area contributed by atoms with E-state index in [1.807, 2.05) is 0 Å². The highest BCUT2D eigenvalue weighted by atomic mass is 32.2. The average molecular weight is 498 g/mol. The SMILES string of the molecule is CCC(C)CC1CCCC(C2=NC3(c4ccc5c(c4)C(C)(C)CCC5(C)C)CC3S2)CC1.CCO. The highest BCUT2D eigenvalue weighted by Crippen LogP contribution is 2.63. The van der Waals surface area contributed by atoms with Gasteiger partial charge in [-0.1, -0.05) is 79.0 Å². The molecule has 3 heteroatoms. The Bertz CT molecular complexity index is 918. The van der Waals surface area contributed by atoms with Crippen LogP contribution in [-0.2, 0) is 16.4 Å². The summed E-state index contributed by atoms with van der Waals surface area (Å²) in [4.78, 5) is 5.54. The summed E-state index contributed by atoms with van der Waals surface area (Å²) in [6.07, 6.45) is 13.6. The zero-order valence-electron chi connectivity index (χ0n) is 23.6. The molecule has 0 spiro atoms. The van der Waals surface area contributed by atoms with Crippen LogP contribution in [0.2, 0.25) is 0 Å². The highest BCUT2D eigenvalue weighted by Gasteiger charge is 2.61. The van der Waals surface area contributed by atoms with E-state index in [0.717, 1.165) is 17.8 Å². The van der Waals surface area contributed by atoms with Crippen LogP contribution in [0.4, 0.5) is 0 Å². The molecule has 2 fully saturated rings. The Hall–Kier alpha value is -0.800. The second-order valence-electron chi connectivity index (χ2n) is 13.3. The maximum absolute atomic E-state index is 7.57.